The largest absolute Gasteiger partial charge is 0.545 e. The van der Waals surface area contributed by atoms with Gasteiger partial charge in [-0.1, -0.05) is 69.7 Å². The van der Waals surface area contributed by atoms with E-state index < -0.39 is 12.1 Å². The third-order valence-electron chi connectivity index (χ3n) is 5.40. The van der Waals surface area contributed by atoms with Gasteiger partial charge in [-0.15, -0.1) is 0 Å². The van der Waals surface area contributed by atoms with Crippen molar-refractivity contribution in [2.75, 3.05) is 0 Å². The summed E-state index contributed by atoms with van der Waals surface area (Å²) >= 11 is 0. The number of rotatable bonds is 14. The summed E-state index contributed by atoms with van der Waals surface area (Å²) < 4.78 is 0. The fourth-order valence-corrected chi connectivity index (χ4v) is 3.59. The number of aliphatic hydroxyl groups excluding tert-OH is 2. The van der Waals surface area contributed by atoms with Gasteiger partial charge in [0, 0.05) is 17.8 Å². The van der Waals surface area contributed by atoms with Crippen LogP contribution < -0.4 is 5.11 Å². The smallest absolute Gasteiger partial charge is 0.0845 e. The van der Waals surface area contributed by atoms with E-state index in [0.717, 1.165) is 24.2 Å². The first kappa shape index (κ1) is 24.0. The summed E-state index contributed by atoms with van der Waals surface area (Å²) in [5, 5.41) is 31.7. The van der Waals surface area contributed by atoms with Crippen LogP contribution in [0, 0.1) is 0 Å². The van der Waals surface area contributed by atoms with E-state index in [2.05, 4.69) is 11.9 Å². The quantitative estimate of drug-likeness (QED) is 0.461. The van der Waals surface area contributed by atoms with Crippen molar-refractivity contribution in [1.29, 1.82) is 0 Å². The van der Waals surface area contributed by atoms with Crippen molar-refractivity contribution < 1.29 is 20.1 Å². The van der Waals surface area contributed by atoms with Gasteiger partial charge in [-0.25, -0.2) is 0 Å². The van der Waals surface area contributed by atoms with Gasteiger partial charge >= 0.3 is 0 Å². The lowest BCUT2D eigenvalue weighted by molar-refractivity contribution is -0.255. The van der Waals surface area contributed by atoms with Crippen LogP contribution in [0.3, 0.4) is 0 Å². The first-order chi connectivity index (χ1) is 14.5. The van der Waals surface area contributed by atoms with Crippen LogP contribution in [0.1, 0.15) is 91.7 Å². The molecule has 30 heavy (non-hydrogen) atoms. The standard InChI is InChI=1S/C25H35NO4/c1-2-3-4-5-6-7-14-23(27)16-15-21-12-9-13-22(26-21)18-24(28)19-10-8-11-20(17-19)25(29)30/h8-13,17,23-24,27-28H,2-7,14-16,18H2,1H3,(H,29,30)/p-1. The first-order valence-corrected chi connectivity index (χ1v) is 11.1. The van der Waals surface area contributed by atoms with E-state index in [1.54, 1.807) is 12.1 Å². The summed E-state index contributed by atoms with van der Waals surface area (Å²) in [4.78, 5) is 15.6. The summed E-state index contributed by atoms with van der Waals surface area (Å²) in [6.07, 6.45) is 8.68. The zero-order valence-corrected chi connectivity index (χ0v) is 17.9. The van der Waals surface area contributed by atoms with Crippen LogP contribution in [0.2, 0.25) is 0 Å². The average molecular weight is 413 g/mol. The van der Waals surface area contributed by atoms with Crippen molar-refractivity contribution in [3.05, 3.63) is 65.0 Å². The molecule has 0 aliphatic carbocycles. The second-order valence-electron chi connectivity index (χ2n) is 8.00. The highest BCUT2D eigenvalue weighted by molar-refractivity contribution is 5.85. The molecule has 2 rings (SSSR count). The number of nitrogens with zero attached hydrogens (tertiary/aromatic N) is 1. The van der Waals surface area contributed by atoms with Crippen molar-refractivity contribution in [3.63, 3.8) is 0 Å². The average Bonchev–Trinajstić information content (AvgIpc) is 2.75. The molecule has 2 aromatic rings. The molecule has 0 saturated heterocycles. The highest BCUT2D eigenvalue weighted by Gasteiger charge is 2.12. The van der Waals surface area contributed by atoms with Crippen LogP contribution in [0.5, 0.6) is 0 Å². The molecule has 0 aliphatic heterocycles. The van der Waals surface area contributed by atoms with E-state index in [1.807, 2.05) is 18.2 Å². The van der Waals surface area contributed by atoms with Gasteiger partial charge in [-0.2, -0.15) is 0 Å². The Morgan fingerprint density at radius 3 is 2.43 bits per heavy atom. The fourth-order valence-electron chi connectivity index (χ4n) is 3.59. The van der Waals surface area contributed by atoms with E-state index in [-0.39, 0.29) is 11.7 Å². The molecule has 2 atom stereocenters. The molecule has 164 valence electrons. The molecular formula is C25H34NO4-. The topological polar surface area (TPSA) is 93.5 Å². The molecule has 1 heterocycles. The minimum absolute atomic E-state index is 0.0487. The Morgan fingerprint density at radius 2 is 1.67 bits per heavy atom. The van der Waals surface area contributed by atoms with Gasteiger partial charge in [0.1, 0.15) is 0 Å². The molecule has 0 saturated carbocycles. The SMILES string of the molecule is CCCCCCCCC(O)CCc1cccc(CC(O)c2cccc(C(=O)[O-])c2)n1. The zero-order chi connectivity index (χ0) is 21.8. The second kappa shape index (κ2) is 13.1. The van der Waals surface area contributed by atoms with Gasteiger partial charge in [0.15, 0.2) is 0 Å². The third kappa shape index (κ3) is 8.64. The van der Waals surface area contributed by atoms with Crippen LogP contribution in [0.15, 0.2) is 42.5 Å². The van der Waals surface area contributed by atoms with Crippen molar-refractivity contribution in [2.45, 2.75) is 83.3 Å². The Kier molecular flexibility index (Phi) is 10.5. The molecule has 0 spiro atoms. The molecule has 5 heteroatoms. The van der Waals surface area contributed by atoms with Crippen LogP contribution >= 0.6 is 0 Å². The number of pyridine rings is 1. The number of aromatic nitrogens is 1. The molecular weight excluding hydrogens is 378 g/mol. The minimum Gasteiger partial charge on any atom is -0.545 e. The number of benzene rings is 1. The Labute approximate surface area is 179 Å². The molecule has 0 aliphatic rings. The lowest BCUT2D eigenvalue weighted by Crippen LogP contribution is -2.22. The van der Waals surface area contributed by atoms with E-state index in [4.69, 9.17) is 0 Å². The van der Waals surface area contributed by atoms with Crippen molar-refractivity contribution in [1.82, 2.24) is 4.98 Å². The van der Waals surface area contributed by atoms with E-state index in [0.29, 0.717) is 24.8 Å². The van der Waals surface area contributed by atoms with Gasteiger partial charge in [-0.3, -0.25) is 4.98 Å². The third-order valence-corrected chi connectivity index (χ3v) is 5.40. The lowest BCUT2D eigenvalue weighted by Gasteiger charge is -2.14. The number of aryl methyl sites for hydroxylation is 1. The van der Waals surface area contributed by atoms with Crippen molar-refractivity contribution in [3.8, 4) is 0 Å². The van der Waals surface area contributed by atoms with E-state index in [1.165, 1.54) is 44.2 Å². The highest BCUT2D eigenvalue weighted by Crippen LogP contribution is 2.19. The first-order valence-electron chi connectivity index (χ1n) is 11.1. The molecule has 0 amide bonds. The Bertz CT molecular complexity index is 777. The van der Waals surface area contributed by atoms with E-state index >= 15 is 0 Å². The number of hydrogen-bond acceptors (Lipinski definition) is 5. The van der Waals surface area contributed by atoms with Gasteiger partial charge in [0.25, 0.3) is 0 Å². The Hall–Kier alpha value is -2.24. The predicted molar refractivity (Wildman–Crippen MR) is 116 cm³/mol. The van der Waals surface area contributed by atoms with Crippen molar-refractivity contribution in [2.24, 2.45) is 0 Å². The number of aromatic carboxylic acids is 1. The Balaban J connectivity index is 1.80. The van der Waals surface area contributed by atoms with Crippen LogP contribution in [0.25, 0.3) is 0 Å². The van der Waals surface area contributed by atoms with Gasteiger partial charge in [-0.05, 0) is 48.6 Å². The highest BCUT2D eigenvalue weighted by atomic mass is 16.4. The number of carbonyl (C=O) groups is 1. The summed E-state index contributed by atoms with van der Waals surface area (Å²) in [7, 11) is 0. The molecule has 2 unspecified atom stereocenters. The summed E-state index contributed by atoms with van der Waals surface area (Å²) in [6, 6.07) is 11.9. The maximum absolute atomic E-state index is 11.0. The summed E-state index contributed by atoms with van der Waals surface area (Å²) in [5.41, 5.74) is 2.21. The number of aliphatic hydroxyl groups is 2. The zero-order valence-electron chi connectivity index (χ0n) is 17.9. The lowest BCUT2D eigenvalue weighted by atomic mass is 10.0. The molecule has 1 aromatic heterocycles. The predicted octanol–water partition coefficient (Wildman–Crippen LogP) is 3.77. The molecule has 1 aromatic carbocycles. The van der Waals surface area contributed by atoms with Crippen LogP contribution in [0.4, 0.5) is 0 Å². The molecule has 0 radical (unpaired) electrons. The minimum atomic E-state index is -1.26. The summed E-state index contributed by atoms with van der Waals surface area (Å²) in [6.45, 7) is 2.21. The van der Waals surface area contributed by atoms with Crippen LogP contribution in [-0.2, 0) is 12.8 Å². The molecule has 5 nitrogen and oxygen atoms in total. The van der Waals surface area contributed by atoms with Gasteiger partial charge < -0.3 is 20.1 Å². The van der Waals surface area contributed by atoms with Crippen LogP contribution in [-0.4, -0.2) is 27.3 Å². The molecule has 0 bridgehead atoms. The monoisotopic (exact) mass is 412 g/mol. The number of carbonyl (C=O) groups excluding carboxylic acids is 1. The second-order valence-corrected chi connectivity index (χ2v) is 8.00. The fraction of sp³-hybridized carbons (Fsp3) is 0.520. The molecule has 0 fully saturated rings. The van der Waals surface area contributed by atoms with E-state index in [9.17, 15) is 20.1 Å². The maximum Gasteiger partial charge on any atom is 0.0845 e. The maximum atomic E-state index is 11.0. The number of carboxylic acids is 1. The number of carboxylic acid groups (broad SMARTS) is 1. The van der Waals surface area contributed by atoms with Gasteiger partial charge in [0.2, 0.25) is 0 Å². The number of hydrogen-bond donors (Lipinski definition) is 2. The molecule has 2 N–H and O–H groups in total. The normalized spacial score (nSPS) is 13.2. The van der Waals surface area contributed by atoms with Gasteiger partial charge in [0.05, 0.1) is 18.2 Å². The number of unbranched alkanes of at least 4 members (excludes halogenated alkanes) is 5. The van der Waals surface area contributed by atoms with Crippen molar-refractivity contribution >= 4 is 5.97 Å². The Morgan fingerprint density at radius 1 is 0.967 bits per heavy atom. The summed E-state index contributed by atoms with van der Waals surface area (Å²) in [5.74, 6) is -1.26.